The Hall–Kier alpha value is -1.62. The summed E-state index contributed by atoms with van der Waals surface area (Å²) in [5.74, 6) is 0. The summed E-state index contributed by atoms with van der Waals surface area (Å²) in [7, 11) is 0. The third-order valence-electron chi connectivity index (χ3n) is 0.856. The van der Waals surface area contributed by atoms with Crippen molar-refractivity contribution in [3.8, 4) is 6.07 Å². The Balaban J connectivity index is 4.43. The zero-order valence-electron chi connectivity index (χ0n) is 5.50. The van der Waals surface area contributed by atoms with E-state index in [2.05, 4.69) is 13.2 Å². The van der Waals surface area contributed by atoms with Crippen LogP contribution in [0.3, 0.4) is 0 Å². The van der Waals surface area contributed by atoms with Crippen LogP contribution < -0.4 is 0 Å². The fourth-order valence-corrected chi connectivity index (χ4v) is 0.375. The van der Waals surface area contributed by atoms with Gasteiger partial charge in [0.2, 0.25) is 0 Å². The first-order valence-corrected chi connectivity index (χ1v) is 2.63. The van der Waals surface area contributed by atoms with Gasteiger partial charge in [-0.05, 0) is 6.08 Å². The molecule has 0 N–H and O–H groups in total. The van der Waals surface area contributed by atoms with Gasteiger partial charge >= 0.3 is 0 Å². The second kappa shape index (κ2) is 4.28. The van der Waals surface area contributed by atoms with E-state index in [0.717, 1.165) is 0 Å². The maximum Gasteiger partial charge on any atom is 0.150 e. The van der Waals surface area contributed by atoms with E-state index >= 15 is 0 Å². The summed E-state index contributed by atoms with van der Waals surface area (Å²) in [6.07, 6.45) is 3.37. The Kier molecular flexibility index (Phi) is 3.58. The van der Waals surface area contributed by atoms with Gasteiger partial charge in [-0.1, -0.05) is 19.2 Å². The molecule has 0 aliphatic carbocycles. The van der Waals surface area contributed by atoms with Crippen LogP contribution in [0.25, 0.3) is 0 Å². The minimum atomic E-state index is 0.252. The van der Waals surface area contributed by atoms with Gasteiger partial charge in [0.1, 0.15) is 6.29 Å². The van der Waals surface area contributed by atoms with E-state index in [4.69, 9.17) is 5.26 Å². The van der Waals surface area contributed by atoms with E-state index in [1.54, 1.807) is 6.07 Å². The zero-order chi connectivity index (χ0) is 7.98. The van der Waals surface area contributed by atoms with Gasteiger partial charge in [0, 0.05) is 11.1 Å². The standard InChI is InChI=1S/C8H7NO/c1-3-8(6-10)4-7(2)5-9/h3-4,6H,1-2H2. The number of nitrogens with zero attached hydrogens (tertiary/aromatic N) is 1. The second-order valence-electron chi connectivity index (χ2n) is 1.60. The zero-order valence-corrected chi connectivity index (χ0v) is 5.50. The van der Waals surface area contributed by atoms with Crippen molar-refractivity contribution in [1.29, 1.82) is 5.26 Å². The maximum atomic E-state index is 10.1. The lowest BCUT2D eigenvalue weighted by Crippen LogP contribution is -1.78. The van der Waals surface area contributed by atoms with Crippen molar-refractivity contribution in [3.63, 3.8) is 0 Å². The topological polar surface area (TPSA) is 40.9 Å². The second-order valence-corrected chi connectivity index (χ2v) is 1.60. The van der Waals surface area contributed by atoms with E-state index in [0.29, 0.717) is 11.9 Å². The first kappa shape index (κ1) is 8.38. The smallest absolute Gasteiger partial charge is 0.150 e. The molecule has 2 nitrogen and oxygen atoms in total. The molecule has 0 aromatic rings. The monoisotopic (exact) mass is 133 g/mol. The maximum absolute atomic E-state index is 10.1. The molecule has 0 aliphatic heterocycles. The third-order valence-corrected chi connectivity index (χ3v) is 0.856. The SMILES string of the molecule is C=CC(C=O)=CC(=C)C#N. The third kappa shape index (κ3) is 2.63. The summed E-state index contributed by atoms with van der Waals surface area (Å²) in [6, 6.07) is 1.79. The molecule has 0 saturated heterocycles. The van der Waals surface area contributed by atoms with Crippen molar-refractivity contribution >= 4 is 6.29 Å². The predicted molar refractivity (Wildman–Crippen MR) is 39.1 cm³/mol. The number of carbonyl (C=O) groups excluding carboxylic acids is 1. The number of carbonyl (C=O) groups is 1. The molecule has 0 spiro atoms. The van der Waals surface area contributed by atoms with Crippen LogP contribution >= 0.6 is 0 Å². The van der Waals surface area contributed by atoms with E-state index in [1.807, 2.05) is 0 Å². The van der Waals surface area contributed by atoms with E-state index in [1.165, 1.54) is 12.2 Å². The number of aldehydes is 1. The molecule has 0 fully saturated rings. The van der Waals surface area contributed by atoms with Crippen LogP contribution in [0.2, 0.25) is 0 Å². The van der Waals surface area contributed by atoms with Crippen LogP contribution in [-0.4, -0.2) is 6.29 Å². The van der Waals surface area contributed by atoms with Crippen LogP contribution in [0.5, 0.6) is 0 Å². The Morgan fingerprint density at radius 3 is 2.50 bits per heavy atom. The van der Waals surface area contributed by atoms with Gasteiger partial charge in [-0.3, -0.25) is 4.79 Å². The molecule has 2 heteroatoms. The fourth-order valence-electron chi connectivity index (χ4n) is 0.375. The Bertz CT molecular complexity index is 220. The van der Waals surface area contributed by atoms with Crippen molar-refractivity contribution in [2.75, 3.05) is 0 Å². The predicted octanol–water partition coefficient (Wildman–Crippen LogP) is 1.38. The fraction of sp³-hybridized carbons (Fsp3) is 0. The Morgan fingerprint density at radius 1 is 1.60 bits per heavy atom. The summed E-state index contributed by atoms with van der Waals surface area (Å²) >= 11 is 0. The van der Waals surface area contributed by atoms with E-state index in [-0.39, 0.29) is 5.57 Å². The molecule has 0 bridgehead atoms. The minimum Gasteiger partial charge on any atom is -0.298 e. The van der Waals surface area contributed by atoms with Gasteiger partial charge in [0.25, 0.3) is 0 Å². The van der Waals surface area contributed by atoms with Gasteiger partial charge < -0.3 is 0 Å². The van der Waals surface area contributed by atoms with Crippen LogP contribution in [0.4, 0.5) is 0 Å². The van der Waals surface area contributed by atoms with Crippen LogP contribution in [0.15, 0.2) is 36.5 Å². The number of hydrogen-bond acceptors (Lipinski definition) is 2. The van der Waals surface area contributed by atoms with Gasteiger partial charge in [-0.2, -0.15) is 5.26 Å². The number of allylic oxidation sites excluding steroid dienone is 4. The molecule has 0 aliphatic rings. The van der Waals surface area contributed by atoms with Crippen molar-refractivity contribution in [1.82, 2.24) is 0 Å². The lowest BCUT2D eigenvalue weighted by molar-refractivity contribution is -0.104. The molecule has 0 unspecified atom stereocenters. The van der Waals surface area contributed by atoms with E-state index < -0.39 is 0 Å². The average Bonchev–Trinajstić information content (AvgIpc) is 1.99. The van der Waals surface area contributed by atoms with Crippen molar-refractivity contribution in [2.45, 2.75) is 0 Å². The number of nitriles is 1. The van der Waals surface area contributed by atoms with Gasteiger partial charge in [0.05, 0.1) is 6.07 Å². The summed E-state index contributed by atoms with van der Waals surface area (Å²) in [5, 5.41) is 8.23. The summed E-state index contributed by atoms with van der Waals surface area (Å²) in [4.78, 5) is 10.1. The molecule has 0 aromatic carbocycles. The van der Waals surface area contributed by atoms with Crippen LogP contribution in [0, 0.1) is 11.3 Å². The molecular formula is C8H7NO. The number of hydrogen-bond donors (Lipinski definition) is 0. The summed E-state index contributed by atoms with van der Waals surface area (Å²) in [6.45, 7) is 6.73. The van der Waals surface area contributed by atoms with Crippen LogP contribution in [-0.2, 0) is 4.79 Å². The summed E-state index contributed by atoms with van der Waals surface area (Å²) in [5.41, 5.74) is 0.619. The molecule has 50 valence electrons. The number of rotatable bonds is 3. The molecule has 0 radical (unpaired) electrons. The summed E-state index contributed by atoms with van der Waals surface area (Å²) < 4.78 is 0. The van der Waals surface area contributed by atoms with Crippen molar-refractivity contribution < 1.29 is 4.79 Å². The van der Waals surface area contributed by atoms with Gasteiger partial charge in [-0.25, -0.2) is 0 Å². The molecule has 0 saturated carbocycles. The molecule has 10 heavy (non-hydrogen) atoms. The average molecular weight is 133 g/mol. The van der Waals surface area contributed by atoms with E-state index in [9.17, 15) is 4.79 Å². The van der Waals surface area contributed by atoms with Crippen molar-refractivity contribution in [3.05, 3.63) is 36.5 Å². The largest absolute Gasteiger partial charge is 0.298 e. The minimum absolute atomic E-state index is 0.252. The Morgan fingerprint density at radius 2 is 2.20 bits per heavy atom. The molecule has 0 amide bonds. The highest BCUT2D eigenvalue weighted by Crippen LogP contribution is 1.96. The quantitative estimate of drug-likeness (QED) is 0.252. The van der Waals surface area contributed by atoms with Gasteiger partial charge in [0.15, 0.2) is 0 Å². The molecule has 0 aromatic heterocycles. The lowest BCUT2D eigenvalue weighted by atomic mass is 10.2. The molecule has 0 atom stereocenters. The normalized spacial score (nSPS) is 9.70. The molecular weight excluding hydrogens is 126 g/mol. The highest BCUT2D eigenvalue weighted by molar-refractivity contribution is 5.78. The lowest BCUT2D eigenvalue weighted by Gasteiger charge is -1.84. The highest BCUT2D eigenvalue weighted by Gasteiger charge is 1.88. The highest BCUT2D eigenvalue weighted by atomic mass is 16.1. The molecule has 0 rings (SSSR count). The van der Waals surface area contributed by atoms with Crippen LogP contribution in [0.1, 0.15) is 0 Å². The molecule has 0 heterocycles. The first-order chi connectivity index (χ1) is 4.74. The van der Waals surface area contributed by atoms with Crippen molar-refractivity contribution in [2.24, 2.45) is 0 Å². The van der Waals surface area contributed by atoms with Gasteiger partial charge in [-0.15, -0.1) is 0 Å². The Labute approximate surface area is 59.8 Å². The first-order valence-electron chi connectivity index (χ1n) is 2.63.